The van der Waals surface area contributed by atoms with Crippen molar-refractivity contribution in [2.45, 2.75) is 38.8 Å². The van der Waals surface area contributed by atoms with Gasteiger partial charge in [0.25, 0.3) is 0 Å². The summed E-state index contributed by atoms with van der Waals surface area (Å²) in [5.41, 5.74) is 1.60. The number of para-hydroxylation sites is 1. The monoisotopic (exact) mass is 297 g/mol. The molecule has 0 aliphatic carbocycles. The number of hydrogen-bond donors (Lipinski definition) is 2. The molecule has 112 valence electrons. The summed E-state index contributed by atoms with van der Waals surface area (Å²) < 4.78 is 29.3. The van der Waals surface area contributed by atoms with E-state index >= 15 is 0 Å². The molecule has 0 bridgehead atoms. The minimum atomic E-state index is -3.47. The molecule has 0 radical (unpaired) electrons. The first kappa shape index (κ1) is 15.3. The smallest absolute Gasteiger partial charge is 0.301 e. The van der Waals surface area contributed by atoms with Crippen molar-refractivity contribution in [3.8, 4) is 0 Å². The molecule has 2 rings (SSSR count). The van der Waals surface area contributed by atoms with Crippen molar-refractivity contribution in [1.29, 1.82) is 0 Å². The van der Waals surface area contributed by atoms with Crippen LogP contribution in [-0.2, 0) is 16.8 Å². The Morgan fingerprint density at radius 1 is 1.30 bits per heavy atom. The van der Waals surface area contributed by atoms with Gasteiger partial charge in [0, 0.05) is 19.1 Å². The van der Waals surface area contributed by atoms with Gasteiger partial charge in [0.05, 0.1) is 5.69 Å². The first-order valence-corrected chi connectivity index (χ1v) is 8.50. The lowest BCUT2D eigenvalue weighted by Gasteiger charge is -2.32. The van der Waals surface area contributed by atoms with Crippen molar-refractivity contribution < 1.29 is 8.42 Å². The highest BCUT2D eigenvalue weighted by molar-refractivity contribution is 7.90. The van der Waals surface area contributed by atoms with Gasteiger partial charge in [-0.2, -0.15) is 12.7 Å². The Hall–Kier alpha value is -1.11. The normalized spacial score (nSPS) is 20.8. The second-order valence-electron chi connectivity index (χ2n) is 5.25. The highest BCUT2D eigenvalue weighted by Gasteiger charge is 2.29. The van der Waals surface area contributed by atoms with Crippen molar-refractivity contribution in [3.63, 3.8) is 0 Å². The van der Waals surface area contributed by atoms with Crippen molar-refractivity contribution in [3.05, 3.63) is 29.8 Å². The van der Waals surface area contributed by atoms with Crippen LogP contribution < -0.4 is 10.0 Å². The van der Waals surface area contributed by atoms with Crippen LogP contribution in [0.2, 0.25) is 0 Å². The third-order valence-corrected chi connectivity index (χ3v) is 5.31. The number of anilines is 1. The van der Waals surface area contributed by atoms with Crippen LogP contribution in [0.3, 0.4) is 0 Å². The summed E-state index contributed by atoms with van der Waals surface area (Å²) in [5.74, 6) is 0. The van der Waals surface area contributed by atoms with Gasteiger partial charge >= 0.3 is 10.2 Å². The Kier molecular flexibility index (Phi) is 5.01. The van der Waals surface area contributed by atoms with Gasteiger partial charge in [0.15, 0.2) is 0 Å². The number of benzene rings is 1. The highest BCUT2D eigenvalue weighted by Crippen LogP contribution is 2.23. The Labute approximate surface area is 121 Å². The van der Waals surface area contributed by atoms with Gasteiger partial charge in [-0.15, -0.1) is 0 Å². The van der Waals surface area contributed by atoms with E-state index in [1.54, 1.807) is 10.4 Å². The number of nitrogens with one attached hydrogen (secondary N) is 2. The largest absolute Gasteiger partial charge is 0.316 e. The fraction of sp³-hybridized carbons (Fsp3) is 0.571. The molecule has 0 spiro atoms. The summed E-state index contributed by atoms with van der Waals surface area (Å²) in [6.07, 6.45) is 2.96. The van der Waals surface area contributed by atoms with Crippen molar-refractivity contribution >= 4 is 15.9 Å². The van der Waals surface area contributed by atoms with Gasteiger partial charge in [0.1, 0.15) is 0 Å². The van der Waals surface area contributed by atoms with Gasteiger partial charge in [-0.3, -0.25) is 4.72 Å². The minimum Gasteiger partial charge on any atom is -0.316 e. The number of nitrogens with zero attached hydrogens (tertiary/aromatic N) is 1. The second kappa shape index (κ2) is 6.56. The van der Waals surface area contributed by atoms with Crippen LogP contribution >= 0.6 is 0 Å². The topological polar surface area (TPSA) is 61.4 Å². The van der Waals surface area contributed by atoms with Crippen LogP contribution in [-0.4, -0.2) is 32.4 Å². The van der Waals surface area contributed by atoms with E-state index < -0.39 is 10.2 Å². The molecule has 1 heterocycles. The average molecular weight is 297 g/mol. The van der Waals surface area contributed by atoms with E-state index in [1.165, 1.54) is 0 Å². The standard InChI is InChI=1S/C14H23N3O2S/c1-12-7-5-6-10-17(12)20(18,19)16-14-9-4-3-8-13(14)11-15-2/h3-4,8-9,12,15-16H,5-7,10-11H2,1-2H3. The predicted octanol–water partition coefficient (Wildman–Crippen LogP) is 1.94. The molecule has 1 aromatic carbocycles. The van der Waals surface area contributed by atoms with Crippen LogP contribution in [0.5, 0.6) is 0 Å². The molecule has 0 saturated carbocycles. The van der Waals surface area contributed by atoms with Crippen LogP contribution in [0.15, 0.2) is 24.3 Å². The van der Waals surface area contributed by atoms with Crippen LogP contribution in [0.1, 0.15) is 31.7 Å². The van der Waals surface area contributed by atoms with Crippen LogP contribution in [0, 0.1) is 0 Å². The lowest BCUT2D eigenvalue weighted by molar-refractivity contribution is 0.270. The highest BCUT2D eigenvalue weighted by atomic mass is 32.2. The zero-order valence-corrected chi connectivity index (χ0v) is 12.9. The molecule has 1 unspecified atom stereocenters. The summed E-state index contributed by atoms with van der Waals surface area (Å²) in [4.78, 5) is 0. The molecule has 1 saturated heterocycles. The maximum atomic E-state index is 12.5. The molecule has 0 amide bonds. The number of rotatable bonds is 5. The van der Waals surface area contributed by atoms with Gasteiger partial charge in [-0.1, -0.05) is 24.6 Å². The summed E-state index contributed by atoms with van der Waals surface area (Å²) in [7, 11) is -1.63. The van der Waals surface area contributed by atoms with Crippen LogP contribution in [0.25, 0.3) is 0 Å². The van der Waals surface area contributed by atoms with E-state index in [0.717, 1.165) is 24.8 Å². The molecule has 6 heteroatoms. The molecule has 5 nitrogen and oxygen atoms in total. The number of hydrogen-bond acceptors (Lipinski definition) is 3. The maximum Gasteiger partial charge on any atom is 0.301 e. The predicted molar refractivity (Wildman–Crippen MR) is 81.8 cm³/mol. The van der Waals surface area contributed by atoms with E-state index in [2.05, 4.69) is 10.0 Å². The molecule has 2 N–H and O–H groups in total. The summed E-state index contributed by atoms with van der Waals surface area (Å²) in [5, 5.41) is 3.05. The first-order chi connectivity index (χ1) is 9.54. The molecule has 1 aromatic rings. The summed E-state index contributed by atoms with van der Waals surface area (Å²) in [6.45, 7) is 3.21. The van der Waals surface area contributed by atoms with Gasteiger partial charge in [-0.05, 0) is 38.4 Å². The Bertz CT molecular complexity index is 545. The second-order valence-corrected chi connectivity index (χ2v) is 6.87. The van der Waals surface area contributed by atoms with E-state index in [1.807, 2.05) is 32.2 Å². The van der Waals surface area contributed by atoms with E-state index in [9.17, 15) is 8.42 Å². The fourth-order valence-corrected chi connectivity index (χ4v) is 4.13. The van der Waals surface area contributed by atoms with Gasteiger partial charge < -0.3 is 5.32 Å². The Morgan fingerprint density at radius 2 is 2.05 bits per heavy atom. The maximum absolute atomic E-state index is 12.5. The molecular weight excluding hydrogens is 274 g/mol. The average Bonchev–Trinajstić information content (AvgIpc) is 2.41. The Morgan fingerprint density at radius 3 is 2.75 bits per heavy atom. The fourth-order valence-electron chi connectivity index (χ4n) is 2.59. The van der Waals surface area contributed by atoms with Crippen molar-refractivity contribution in [2.75, 3.05) is 18.3 Å². The number of piperidine rings is 1. The van der Waals surface area contributed by atoms with Gasteiger partial charge in [0.2, 0.25) is 0 Å². The quantitative estimate of drug-likeness (QED) is 0.873. The van der Waals surface area contributed by atoms with Crippen molar-refractivity contribution in [1.82, 2.24) is 9.62 Å². The zero-order chi connectivity index (χ0) is 14.6. The Balaban J connectivity index is 2.19. The molecular formula is C14H23N3O2S. The molecule has 0 aromatic heterocycles. The van der Waals surface area contributed by atoms with Crippen LogP contribution in [0.4, 0.5) is 5.69 Å². The molecule has 1 atom stereocenters. The summed E-state index contributed by atoms with van der Waals surface area (Å²) in [6, 6.07) is 7.55. The SMILES string of the molecule is CNCc1ccccc1NS(=O)(=O)N1CCCCC1C. The lowest BCUT2D eigenvalue weighted by Crippen LogP contribution is -2.45. The molecule has 1 aliphatic heterocycles. The van der Waals surface area contributed by atoms with Gasteiger partial charge in [-0.25, -0.2) is 0 Å². The lowest BCUT2D eigenvalue weighted by atomic mass is 10.1. The minimum absolute atomic E-state index is 0.0673. The third-order valence-electron chi connectivity index (χ3n) is 3.67. The van der Waals surface area contributed by atoms with E-state index in [-0.39, 0.29) is 6.04 Å². The zero-order valence-electron chi connectivity index (χ0n) is 12.1. The van der Waals surface area contributed by atoms with Crippen molar-refractivity contribution in [2.24, 2.45) is 0 Å². The molecule has 1 fully saturated rings. The van der Waals surface area contributed by atoms with E-state index in [4.69, 9.17) is 0 Å². The van der Waals surface area contributed by atoms with E-state index in [0.29, 0.717) is 18.8 Å². The third kappa shape index (κ3) is 3.50. The summed E-state index contributed by atoms with van der Waals surface area (Å²) >= 11 is 0. The molecule has 20 heavy (non-hydrogen) atoms. The first-order valence-electron chi connectivity index (χ1n) is 7.06. The molecule has 1 aliphatic rings.